The van der Waals surface area contributed by atoms with Gasteiger partial charge in [-0.3, -0.25) is 9.88 Å². The quantitative estimate of drug-likeness (QED) is 0.894. The molecule has 2 fully saturated rings. The van der Waals surface area contributed by atoms with E-state index in [4.69, 9.17) is 4.74 Å². The van der Waals surface area contributed by atoms with Gasteiger partial charge in [0.15, 0.2) is 0 Å². The zero-order chi connectivity index (χ0) is 13.1. The summed E-state index contributed by atoms with van der Waals surface area (Å²) < 4.78 is 5.83. The molecule has 0 radical (unpaired) electrons. The minimum Gasteiger partial charge on any atom is -0.375 e. The number of anilines is 1. The molecule has 104 valence electrons. The Labute approximate surface area is 114 Å². The fourth-order valence-electron chi connectivity index (χ4n) is 3.12. The number of hydrogen-bond acceptors (Lipinski definition) is 5. The van der Waals surface area contributed by atoms with Crippen LogP contribution >= 0.6 is 0 Å². The predicted molar refractivity (Wildman–Crippen MR) is 74.0 cm³/mol. The van der Waals surface area contributed by atoms with Crippen LogP contribution in [0, 0.1) is 0 Å². The van der Waals surface area contributed by atoms with Gasteiger partial charge in [-0.05, 0) is 26.2 Å². The second kappa shape index (κ2) is 5.84. The Balaban J connectivity index is 1.63. The van der Waals surface area contributed by atoms with Gasteiger partial charge in [0.05, 0.1) is 30.8 Å². The molecule has 2 aliphatic rings. The molecule has 1 aliphatic carbocycles. The van der Waals surface area contributed by atoms with Crippen molar-refractivity contribution >= 4 is 5.82 Å². The summed E-state index contributed by atoms with van der Waals surface area (Å²) in [6, 6.07) is 0.587. The second-order valence-corrected chi connectivity index (χ2v) is 5.30. The molecule has 0 aromatic carbocycles. The molecule has 0 bridgehead atoms. The number of fused-ring (bicyclic) bond motifs is 1. The van der Waals surface area contributed by atoms with E-state index in [-0.39, 0.29) is 0 Å². The first-order valence-corrected chi connectivity index (χ1v) is 7.27. The maximum Gasteiger partial charge on any atom is 0.144 e. The van der Waals surface area contributed by atoms with Crippen LogP contribution in [0.4, 0.5) is 5.82 Å². The highest BCUT2D eigenvalue weighted by molar-refractivity contribution is 5.30. The van der Waals surface area contributed by atoms with Gasteiger partial charge in [0.1, 0.15) is 5.82 Å². The van der Waals surface area contributed by atoms with E-state index in [1.165, 1.54) is 19.3 Å². The Morgan fingerprint density at radius 3 is 3.11 bits per heavy atom. The van der Waals surface area contributed by atoms with E-state index in [0.29, 0.717) is 12.1 Å². The van der Waals surface area contributed by atoms with Crippen LogP contribution in [0.5, 0.6) is 0 Å². The number of rotatable bonds is 4. The van der Waals surface area contributed by atoms with Crippen LogP contribution in [0.2, 0.25) is 0 Å². The van der Waals surface area contributed by atoms with Gasteiger partial charge in [-0.15, -0.1) is 0 Å². The molecule has 1 aromatic rings. The minimum absolute atomic E-state index is 0.447. The zero-order valence-electron chi connectivity index (χ0n) is 11.5. The first-order chi connectivity index (χ1) is 9.36. The molecular formula is C14H22N4O. The van der Waals surface area contributed by atoms with Crippen LogP contribution in [0.25, 0.3) is 0 Å². The molecule has 3 rings (SSSR count). The van der Waals surface area contributed by atoms with Gasteiger partial charge in [-0.25, -0.2) is 4.98 Å². The van der Waals surface area contributed by atoms with Crippen molar-refractivity contribution in [2.75, 3.05) is 25.0 Å². The van der Waals surface area contributed by atoms with E-state index in [2.05, 4.69) is 27.1 Å². The molecular weight excluding hydrogens is 240 g/mol. The maximum absolute atomic E-state index is 5.83. The Morgan fingerprint density at radius 1 is 1.37 bits per heavy atom. The van der Waals surface area contributed by atoms with Crippen LogP contribution < -0.4 is 5.32 Å². The summed E-state index contributed by atoms with van der Waals surface area (Å²) in [5.41, 5.74) is 1.05. The van der Waals surface area contributed by atoms with Gasteiger partial charge in [-0.1, -0.05) is 0 Å². The molecule has 2 atom stereocenters. The smallest absolute Gasteiger partial charge is 0.144 e. The summed E-state index contributed by atoms with van der Waals surface area (Å²) >= 11 is 0. The number of aromatic nitrogens is 2. The Kier molecular flexibility index (Phi) is 3.94. The van der Waals surface area contributed by atoms with E-state index < -0.39 is 0 Å². The molecule has 2 unspecified atom stereocenters. The van der Waals surface area contributed by atoms with Crippen LogP contribution in [-0.4, -0.2) is 46.7 Å². The molecule has 0 spiro atoms. The highest BCUT2D eigenvalue weighted by atomic mass is 16.5. The van der Waals surface area contributed by atoms with E-state index in [1.54, 1.807) is 0 Å². The summed E-state index contributed by atoms with van der Waals surface area (Å²) in [5, 5.41) is 3.17. The number of nitrogens with zero attached hydrogens (tertiary/aromatic N) is 3. The molecule has 1 saturated carbocycles. The summed E-state index contributed by atoms with van der Waals surface area (Å²) in [6.45, 7) is 5.69. The van der Waals surface area contributed by atoms with Crippen molar-refractivity contribution in [2.45, 2.75) is 44.9 Å². The topological polar surface area (TPSA) is 50.3 Å². The SMILES string of the molecule is CCNc1cnc(CN2CCOC3CCCC32)cn1. The fourth-order valence-corrected chi connectivity index (χ4v) is 3.12. The highest BCUT2D eigenvalue weighted by Crippen LogP contribution is 2.30. The molecule has 2 heterocycles. The number of nitrogens with one attached hydrogen (secondary N) is 1. The summed E-state index contributed by atoms with van der Waals surface area (Å²) in [7, 11) is 0. The lowest BCUT2D eigenvalue weighted by atomic mass is 10.1. The van der Waals surface area contributed by atoms with Gasteiger partial charge in [-0.2, -0.15) is 0 Å². The monoisotopic (exact) mass is 262 g/mol. The number of hydrogen-bond donors (Lipinski definition) is 1. The predicted octanol–water partition coefficient (Wildman–Crippen LogP) is 1.66. The number of ether oxygens (including phenoxy) is 1. The van der Waals surface area contributed by atoms with E-state index in [9.17, 15) is 0 Å². The van der Waals surface area contributed by atoms with Crippen molar-refractivity contribution in [3.8, 4) is 0 Å². The minimum atomic E-state index is 0.447. The normalized spacial score (nSPS) is 27.2. The van der Waals surface area contributed by atoms with Crippen LogP contribution in [0.3, 0.4) is 0 Å². The van der Waals surface area contributed by atoms with E-state index in [0.717, 1.165) is 37.8 Å². The molecule has 5 heteroatoms. The van der Waals surface area contributed by atoms with Crippen molar-refractivity contribution < 1.29 is 4.74 Å². The molecule has 1 saturated heterocycles. The lowest BCUT2D eigenvalue weighted by molar-refractivity contribution is -0.0592. The van der Waals surface area contributed by atoms with Crippen LogP contribution in [-0.2, 0) is 11.3 Å². The summed E-state index contributed by atoms with van der Waals surface area (Å²) in [4.78, 5) is 11.4. The van der Waals surface area contributed by atoms with Crippen molar-refractivity contribution in [1.82, 2.24) is 14.9 Å². The van der Waals surface area contributed by atoms with Crippen molar-refractivity contribution in [1.29, 1.82) is 0 Å². The van der Waals surface area contributed by atoms with Crippen LogP contribution in [0.1, 0.15) is 31.9 Å². The lowest BCUT2D eigenvalue weighted by Crippen LogP contribution is -2.47. The second-order valence-electron chi connectivity index (χ2n) is 5.30. The lowest BCUT2D eigenvalue weighted by Gasteiger charge is -2.37. The Bertz CT molecular complexity index is 408. The van der Waals surface area contributed by atoms with Gasteiger partial charge in [0, 0.05) is 25.7 Å². The molecule has 1 aliphatic heterocycles. The molecule has 1 N–H and O–H groups in total. The third-order valence-electron chi connectivity index (χ3n) is 4.03. The average molecular weight is 262 g/mol. The standard InChI is InChI=1S/C14H22N4O/c1-2-15-14-9-16-11(8-17-14)10-18-6-7-19-13-5-3-4-12(13)18/h8-9,12-13H,2-7,10H2,1H3,(H,15,17). The third-order valence-corrected chi connectivity index (χ3v) is 4.03. The summed E-state index contributed by atoms with van der Waals surface area (Å²) in [5.74, 6) is 0.854. The number of morpholine rings is 1. The molecule has 0 amide bonds. The average Bonchev–Trinajstić information content (AvgIpc) is 2.91. The van der Waals surface area contributed by atoms with E-state index in [1.807, 2.05) is 12.4 Å². The Hall–Kier alpha value is -1.20. The van der Waals surface area contributed by atoms with Gasteiger partial charge < -0.3 is 10.1 Å². The van der Waals surface area contributed by atoms with Gasteiger partial charge in [0.25, 0.3) is 0 Å². The highest BCUT2D eigenvalue weighted by Gasteiger charge is 2.35. The van der Waals surface area contributed by atoms with Gasteiger partial charge >= 0.3 is 0 Å². The van der Waals surface area contributed by atoms with Crippen molar-refractivity contribution in [3.63, 3.8) is 0 Å². The first-order valence-electron chi connectivity index (χ1n) is 7.27. The van der Waals surface area contributed by atoms with Crippen LogP contribution in [0.15, 0.2) is 12.4 Å². The van der Waals surface area contributed by atoms with E-state index >= 15 is 0 Å². The molecule has 19 heavy (non-hydrogen) atoms. The van der Waals surface area contributed by atoms with Crippen molar-refractivity contribution in [2.24, 2.45) is 0 Å². The van der Waals surface area contributed by atoms with Gasteiger partial charge in [0.2, 0.25) is 0 Å². The molecule has 1 aromatic heterocycles. The fraction of sp³-hybridized carbons (Fsp3) is 0.714. The summed E-state index contributed by atoms with van der Waals surface area (Å²) in [6.07, 6.45) is 7.92. The van der Waals surface area contributed by atoms with Crippen molar-refractivity contribution in [3.05, 3.63) is 18.1 Å². The largest absolute Gasteiger partial charge is 0.375 e. The maximum atomic E-state index is 5.83. The zero-order valence-corrected chi connectivity index (χ0v) is 11.5. The molecule has 5 nitrogen and oxygen atoms in total. The third kappa shape index (κ3) is 2.87. The Morgan fingerprint density at radius 2 is 2.32 bits per heavy atom. The first kappa shape index (κ1) is 12.8.